The number of methoxy groups -OCH3 is 1. The Bertz CT molecular complexity index is 470. The van der Waals surface area contributed by atoms with Gasteiger partial charge in [0.2, 0.25) is 0 Å². The van der Waals surface area contributed by atoms with Crippen LogP contribution in [0.3, 0.4) is 0 Å². The van der Waals surface area contributed by atoms with Crippen LogP contribution in [0.2, 0.25) is 5.02 Å². The van der Waals surface area contributed by atoms with E-state index in [9.17, 15) is 4.79 Å². The molecule has 2 rings (SSSR count). The number of thioether (sulfide) groups is 1. The summed E-state index contributed by atoms with van der Waals surface area (Å²) in [5.41, 5.74) is 6.57. The van der Waals surface area contributed by atoms with Crippen LogP contribution in [-0.2, 0) is 9.53 Å². The maximum Gasteiger partial charge on any atom is 0.250 e. The van der Waals surface area contributed by atoms with Gasteiger partial charge in [0.15, 0.2) is 0 Å². The van der Waals surface area contributed by atoms with Gasteiger partial charge in [-0.3, -0.25) is 4.79 Å². The van der Waals surface area contributed by atoms with Gasteiger partial charge >= 0.3 is 0 Å². The summed E-state index contributed by atoms with van der Waals surface area (Å²) in [6, 6.07) is 5.76. The van der Waals surface area contributed by atoms with Crippen LogP contribution in [0.4, 0.5) is 0 Å². The van der Waals surface area contributed by atoms with Crippen LogP contribution >= 0.6 is 35.8 Å². The molecular formula is C13H18Cl2N2O2S. The fourth-order valence-electron chi connectivity index (χ4n) is 2.09. The van der Waals surface area contributed by atoms with Gasteiger partial charge in [0, 0.05) is 29.3 Å². The highest BCUT2D eigenvalue weighted by molar-refractivity contribution is 7.99. The standard InChI is InChI=1S/C13H17ClN2O2S.ClH/c1-18-11(7-15)13(17)16-10-4-5-19-12-3-2-8(14)6-9(10)12;/h2-3,6,10-11H,4-5,7,15H2,1H3,(H,16,17);1H. The van der Waals surface area contributed by atoms with Crippen LogP contribution in [-0.4, -0.2) is 31.4 Å². The molecule has 0 fully saturated rings. The predicted octanol–water partition coefficient (Wildman–Crippen LogP) is 2.39. The van der Waals surface area contributed by atoms with Crippen molar-refractivity contribution in [2.24, 2.45) is 5.73 Å². The molecule has 0 radical (unpaired) electrons. The Balaban J connectivity index is 0.00000200. The number of carbonyl (C=O) groups excluding carboxylic acids is 1. The van der Waals surface area contributed by atoms with Crippen molar-refractivity contribution in [2.45, 2.75) is 23.5 Å². The highest BCUT2D eigenvalue weighted by Crippen LogP contribution is 2.37. The van der Waals surface area contributed by atoms with Crippen LogP contribution < -0.4 is 11.1 Å². The van der Waals surface area contributed by atoms with Gasteiger partial charge < -0.3 is 15.8 Å². The zero-order valence-corrected chi connectivity index (χ0v) is 13.5. The first kappa shape index (κ1) is 17.6. The number of carbonyl (C=O) groups is 1. The van der Waals surface area contributed by atoms with E-state index in [2.05, 4.69) is 5.32 Å². The second-order valence-corrected chi connectivity index (χ2v) is 5.91. The van der Waals surface area contributed by atoms with Crippen LogP contribution in [0.25, 0.3) is 0 Å². The molecule has 1 aromatic rings. The van der Waals surface area contributed by atoms with Crippen LogP contribution in [0.15, 0.2) is 23.1 Å². The molecule has 7 heteroatoms. The molecule has 2 atom stereocenters. The minimum absolute atomic E-state index is 0. The molecule has 1 aromatic carbocycles. The summed E-state index contributed by atoms with van der Waals surface area (Å²) >= 11 is 7.81. The van der Waals surface area contributed by atoms with Gasteiger partial charge in [0.25, 0.3) is 5.91 Å². The number of amides is 1. The van der Waals surface area contributed by atoms with E-state index in [1.807, 2.05) is 18.2 Å². The second kappa shape index (κ2) is 8.10. The summed E-state index contributed by atoms with van der Waals surface area (Å²) in [6.07, 6.45) is 0.280. The van der Waals surface area contributed by atoms with Crippen LogP contribution in [0, 0.1) is 0 Å². The van der Waals surface area contributed by atoms with Crippen LogP contribution in [0.1, 0.15) is 18.0 Å². The third-order valence-electron chi connectivity index (χ3n) is 3.12. The SMILES string of the molecule is COC(CN)C(=O)NC1CCSc2ccc(Cl)cc21.Cl. The van der Waals surface area contributed by atoms with Gasteiger partial charge in [0.1, 0.15) is 6.10 Å². The van der Waals surface area contributed by atoms with Crippen molar-refractivity contribution in [2.75, 3.05) is 19.4 Å². The molecule has 1 aliphatic rings. The Morgan fingerprint density at radius 1 is 1.65 bits per heavy atom. The van der Waals surface area contributed by atoms with Gasteiger partial charge in [-0.25, -0.2) is 0 Å². The Hall–Kier alpha value is -0.460. The fourth-order valence-corrected chi connectivity index (χ4v) is 3.38. The van der Waals surface area contributed by atoms with Crippen molar-refractivity contribution in [1.29, 1.82) is 0 Å². The average Bonchev–Trinajstić information content (AvgIpc) is 2.41. The first-order valence-corrected chi connectivity index (χ1v) is 7.47. The number of nitrogens with two attached hydrogens (primary N) is 1. The largest absolute Gasteiger partial charge is 0.370 e. The predicted molar refractivity (Wildman–Crippen MR) is 84.8 cm³/mol. The Morgan fingerprint density at radius 2 is 2.40 bits per heavy atom. The molecule has 0 saturated heterocycles. The van der Waals surface area contributed by atoms with Crippen LogP contribution in [0.5, 0.6) is 0 Å². The number of rotatable bonds is 4. The van der Waals surface area contributed by atoms with Gasteiger partial charge in [-0.05, 0) is 30.2 Å². The third-order valence-corrected chi connectivity index (χ3v) is 4.48. The Morgan fingerprint density at radius 3 is 3.05 bits per heavy atom. The molecule has 20 heavy (non-hydrogen) atoms. The van der Waals surface area contributed by atoms with E-state index < -0.39 is 6.10 Å². The monoisotopic (exact) mass is 336 g/mol. The van der Waals surface area contributed by atoms with Gasteiger partial charge in [-0.15, -0.1) is 24.2 Å². The molecule has 0 bridgehead atoms. The summed E-state index contributed by atoms with van der Waals surface area (Å²) in [5, 5.41) is 3.67. The molecule has 0 aliphatic carbocycles. The minimum Gasteiger partial charge on any atom is -0.370 e. The molecule has 4 nitrogen and oxygen atoms in total. The number of fused-ring (bicyclic) bond motifs is 1. The smallest absolute Gasteiger partial charge is 0.250 e. The minimum atomic E-state index is -0.600. The molecule has 1 heterocycles. The Labute approximate surface area is 134 Å². The molecule has 1 aliphatic heterocycles. The second-order valence-electron chi connectivity index (χ2n) is 4.34. The van der Waals surface area contributed by atoms with Crippen molar-refractivity contribution >= 4 is 41.7 Å². The zero-order valence-electron chi connectivity index (χ0n) is 11.1. The van der Waals surface area contributed by atoms with Crippen molar-refractivity contribution < 1.29 is 9.53 Å². The van der Waals surface area contributed by atoms with E-state index in [0.717, 1.165) is 17.7 Å². The summed E-state index contributed by atoms with van der Waals surface area (Å²) in [4.78, 5) is 13.2. The number of nitrogens with one attached hydrogen (secondary N) is 1. The van der Waals surface area contributed by atoms with E-state index >= 15 is 0 Å². The lowest BCUT2D eigenvalue weighted by Crippen LogP contribution is -2.42. The highest BCUT2D eigenvalue weighted by Gasteiger charge is 2.25. The summed E-state index contributed by atoms with van der Waals surface area (Å²) in [6.45, 7) is 0.173. The molecule has 0 saturated carbocycles. The molecule has 1 amide bonds. The summed E-state index contributed by atoms with van der Waals surface area (Å²) < 4.78 is 5.05. The first-order valence-electron chi connectivity index (χ1n) is 6.11. The third kappa shape index (κ3) is 4.02. The maximum absolute atomic E-state index is 12.0. The highest BCUT2D eigenvalue weighted by atomic mass is 35.5. The molecule has 2 unspecified atom stereocenters. The topological polar surface area (TPSA) is 64.3 Å². The van der Waals surface area contributed by atoms with Crippen molar-refractivity contribution in [3.8, 4) is 0 Å². The normalized spacial score (nSPS) is 18.6. The van der Waals surface area contributed by atoms with E-state index in [-0.39, 0.29) is 30.9 Å². The lowest BCUT2D eigenvalue weighted by atomic mass is 10.0. The quantitative estimate of drug-likeness (QED) is 0.886. The number of benzene rings is 1. The van der Waals surface area contributed by atoms with E-state index in [1.165, 1.54) is 12.0 Å². The van der Waals surface area contributed by atoms with Crippen molar-refractivity contribution in [1.82, 2.24) is 5.32 Å². The average molecular weight is 337 g/mol. The van der Waals surface area contributed by atoms with Crippen molar-refractivity contribution in [3.63, 3.8) is 0 Å². The molecule has 3 N–H and O–H groups in total. The van der Waals surface area contributed by atoms with E-state index in [4.69, 9.17) is 22.1 Å². The molecule has 0 aromatic heterocycles. The van der Waals surface area contributed by atoms with Crippen molar-refractivity contribution in [3.05, 3.63) is 28.8 Å². The fraction of sp³-hybridized carbons (Fsp3) is 0.462. The maximum atomic E-state index is 12.0. The Kier molecular flexibility index (Phi) is 7.12. The first-order chi connectivity index (χ1) is 9.15. The molecule has 112 valence electrons. The zero-order chi connectivity index (χ0) is 13.8. The van der Waals surface area contributed by atoms with Gasteiger partial charge in [-0.2, -0.15) is 0 Å². The number of halogens is 2. The van der Waals surface area contributed by atoms with E-state index in [1.54, 1.807) is 11.8 Å². The molecule has 0 spiro atoms. The lowest BCUT2D eigenvalue weighted by Gasteiger charge is -2.27. The lowest BCUT2D eigenvalue weighted by molar-refractivity contribution is -0.131. The molecular weight excluding hydrogens is 319 g/mol. The number of hydrogen-bond acceptors (Lipinski definition) is 4. The van der Waals surface area contributed by atoms with Gasteiger partial charge in [0.05, 0.1) is 6.04 Å². The number of ether oxygens (including phenoxy) is 1. The summed E-state index contributed by atoms with van der Waals surface area (Å²) in [7, 11) is 1.48. The van der Waals surface area contributed by atoms with E-state index in [0.29, 0.717) is 5.02 Å². The summed E-state index contributed by atoms with van der Waals surface area (Å²) in [5.74, 6) is 0.799. The number of hydrogen-bond donors (Lipinski definition) is 2. The van der Waals surface area contributed by atoms with Gasteiger partial charge in [-0.1, -0.05) is 11.6 Å².